The van der Waals surface area contributed by atoms with Crippen molar-refractivity contribution in [1.82, 2.24) is 0 Å². The number of benzene rings is 2. The summed E-state index contributed by atoms with van der Waals surface area (Å²) in [7, 11) is 2.58. The second kappa shape index (κ2) is 5.40. The zero-order valence-corrected chi connectivity index (χ0v) is 11.9. The van der Waals surface area contributed by atoms with Crippen molar-refractivity contribution in [3.63, 3.8) is 0 Å². The predicted octanol–water partition coefficient (Wildman–Crippen LogP) is 4.61. The SMILES string of the molecule is PC(Cl)C(Cl)(c1ccccc1)c1ccccc1. The highest BCUT2D eigenvalue weighted by Crippen LogP contribution is 2.44. The van der Waals surface area contributed by atoms with Crippen LogP contribution in [-0.2, 0) is 4.87 Å². The first-order chi connectivity index (χ1) is 8.15. The van der Waals surface area contributed by atoms with E-state index in [4.69, 9.17) is 23.2 Å². The maximum atomic E-state index is 6.77. The molecule has 0 bridgehead atoms. The van der Waals surface area contributed by atoms with Gasteiger partial charge in [-0.3, -0.25) is 0 Å². The van der Waals surface area contributed by atoms with Crippen molar-refractivity contribution >= 4 is 32.4 Å². The van der Waals surface area contributed by atoms with Gasteiger partial charge in [0.05, 0.1) is 5.12 Å². The van der Waals surface area contributed by atoms with Gasteiger partial charge in [0, 0.05) is 0 Å². The average Bonchev–Trinajstić information content (AvgIpc) is 2.39. The van der Waals surface area contributed by atoms with Crippen LogP contribution in [0.2, 0.25) is 0 Å². The molecule has 17 heavy (non-hydrogen) atoms. The van der Waals surface area contributed by atoms with E-state index in [9.17, 15) is 0 Å². The van der Waals surface area contributed by atoms with Crippen LogP contribution < -0.4 is 0 Å². The lowest BCUT2D eigenvalue weighted by molar-refractivity contribution is 0.798. The Hall–Kier alpha value is -0.550. The molecule has 0 nitrogen and oxygen atoms in total. The van der Waals surface area contributed by atoms with Crippen LogP contribution in [0.1, 0.15) is 11.1 Å². The Morgan fingerprint density at radius 2 is 1.18 bits per heavy atom. The molecule has 2 unspecified atom stereocenters. The summed E-state index contributed by atoms with van der Waals surface area (Å²) < 4.78 is 0. The predicted molar refractivity (Wildman–Crippen MR) is 78.9 cm³/mol. The fourth-order valence-corrected chi connectivity index (χ4v) is 2.74. The largest absolute Gasteiger partial charge is 0.116 e. The number of halogens is 2. The minimum absolute atomic E-state index is 0.283. The molecule has 2 rings (SSSR count). The van der Waals surface area contributed by atoms with Gasteiger partial charge in [-0.15, -0.1) is 32.4 Å². The highest BCUT2D eigenvalue weighted by atomic mass is 35.5. The smallest absolute Gasteiger partial charge is 0.114 e. The van der Waals surface area contributed by atoms with Crippen molar-refractivity contribution in [1.29, 1.82) is 0 Å². The van der Waals surface area contributed by atoms with Gasteiger partial charge in [0.1, 0.15) is 4.87 Å². The molecule has 0 amide bonds. The zero-order valence-electron chi connectivity index (χ0n) is 9.18. The normalized spacial score (nSPS) is 13.4. The summed E-state index contributed by atoms with van der Waals surface area (Å²) in [6.07, 6.45) is 0. The number of hydrogen-bond acceptors (Lipinski definition) is 0. The third kappa shape index (κ3) is 2.50. The Morgan fingerprint density at radius 3 is 1.47 bits per heavy atom. The van der Waals surface area contributed by atoms with Crippen molar-refractivity contribution in [2.45, 2.75) is 9.99 Å². The molecular weight excluding hydrogens is 270 g/mol. The second-order valence-corrected chi connectivity index (χ2v) is 6.00. The summed E-state index contributed by atoms with van der Waals surface area (Å²) in [5.41, 5.74) is 2.01. The Morgan fingerprint density at radius 1 is 0.824 bits per heavy atom. The maximum Gasteiger partial charge on any atom is 0.114 e. The Balaban J connectivity index is 2.55. The molecule has 0 heterocycles. The van der Waals surface area contributed by atoms with Crippen LogP contribution in [0.15, 0.2) is 60.7 Å². The van der Waals surface area contributed by atoms with Crippen molar-refractivity contribution in [3.8, 4) is 0 Å². The van der Waals surface area contributed by atoms with E-state index < -0.39 is 4.87 Å². The number of hydrogen-bond donors (Lipinski definition) is 0. The lowest BCUT2D eigenvalue weighted by Gasteiger charge is -2.30. The molecule has 0 saturated heterocycles. The van der Waals surface area contributed by atoms with Crippen LogP contribution in [0.4, 0.5) is 0 Å². The molecule has 0 saturated carbocycles. The first-order valence-electron chi connectivity index (χ1n) is 5.35. The van der Waals surface area contributed by atoms with Crippen molar-refractivity contribution < 1.29 is 0 Å². The van der Waals surface area contributed by atoms with E-state index in [0.29, 0.717) is 0 Å². The molecule has 0 radical (unpaired) electrons. The van der Waals surface area contributed by atoms with Crippen LogP contribution in [0, 0.1) is 0 Å². The number of rotatable bonds is 3. The van der Waals surface area contributed by atoms with Crippen LogP contribution in [0.5, 0.6) is 0 Å². The first kappa shape index (κ1) is 12.9. The van der Waals surface area contributed by atoms with Gasteiger partial charge in [-0.1, -0.05) is 60.7 Å². The molecule has 0 N–H and O–H groups in total. The monoisotopic (exact) mass is 282 g/mol. The highest BCUT2D eigenvalue weighted by Gasteiger charge is 2.36. The topological polar surface area (TPSA) is 0 Å². The lowest BCUT2D eigenvalue weighted by atomic mass is 9.92. The fourth-order valence-electron chi connectivity index (χ4n) is 1.85. The third-order valence-corrected chi connectivity index (χ3v) is 4.59. The molecule has 0 aliphatic heterocycles. The highest BCUT2D eigenvalue weighted by molar-refractivity contribution is 7.21. The van der Waals surface area contributed by atoms with Gasteiger partial charge in [-0.05, 0) is 11.1 Å². The molecule has 3 heteroatoms. The second-order valence-electron chi connectivity index (χ2n) is 3.85. The molecule has 88 valence electrons. The Kier molecular flexibility index (Phi) is 4.09. The minimum Gasteiger partial charge on any atom is -0.116 e. The van der Waals surface area contributed by atoms with E-state index in [2.05, 4.69) is 9.24 Å². The summed E-state index contributed by atoms with van der Waals surface area (Å²) in [5, 5.41) is -0.283. The zero-order chi connectivity index (χ0) is 12.3. The quantitative estimate of drug-likeness (QED) is 0.570. The van der Waals surface area contributed by atoms with E-state index >= 15 is 0 Å². The van der Waals surface area contributed by atoms with Crippen LogP contribution in [0.3, 0.4) is 0 Å². The Bertz CT molecular complexity index is 429. The van der Waals surface area contributed by atoms with Crippen LogP contribution in [-0.4, -0.2) is 5.12 Å². The average molecular weight is 283 g/mol. The first-order valence-corrected chi connectivity index (χ1v) is 6.83. The summed E-state index contributed by atoms with van der Waals surface area (Å²) in [5.74, 6) is 0. The van der Waals surface area contributed by atoms with Gasteiger partial charge in [0.25, 0.3) is 0 Å². The van der Waals surface area contributed by atoms with Gasteiger partial charge in [0.2, 0.25) is 0 Å². The van der Waals surface area contributed by atoms with E-state index in [1.165, 1.54) is 0 Å². The standard InChI is InChI=1S/C14H13Cl2P/c15-13(17)14(16,11-7-3-1-4-8-11)12-9-5-2-6-10-12/h1-10,13H,17H2. The molecule has 0 fully saturated rings. The minimum atomic E-state index is -0.714. The van der Waals surface area contributed by atoms with Gasteiger partial charge in [-0.25, -0.2) is 0 Å². The number of alkyl halides is 2. The van der Waals surface area contributed by atoms with E-state index in [0.717, 1.165) is 11.1 Å². The summed E-state index contributed by atoms with van der Waals surface area (Å²) in [6, 6.07) is 19.8. The third-order valence-electron chi connectivity index (χ3n) is 2.77. The van der Waals surface area contributed by atoms with Gasteiger partial charge in [-0.2, -0.15) is 0 Å². The van der Waals surface area contributed by atoms with Gasteiger partial charge >= 0.3 is 0 Å². The molecule has 0 aliphatic carbocycles. The fraction of sp³-hybridized carbons (Fsp3) is 0.143. The molecule has 0 spiro atoms. The summed E-state index contributed by atoms with van der Waals surface area (Å²) in [6.45, 7) is 0. The van der Waals surface area contributed by atoms with E-state index in [-0.39, 0.29) is 5.12 Å². The van der Waals surface area contributed by atoms with Crippen molar-refractivity contribution in [3.05, 3.63) is 71.8 Å². The maximum absolute atomic E-state index is 6.77. The molecule has 0 aliphatic rings. The molecule has 0 aromatic heterocycles. The van der Waals surface area contributed by atoms with E-state index in [1.54, 1.807) is 0 Å². The van der Waals surface area contributed by atoms with Crippen molar-refractivity contribution in [2.75, 3.05) is 0 Å². The molecular formula is C14H13Cl2P. The van der Waals surface area contributed by atoms with Crippen LogP contribution in [0.25, 0.3) is 0 Å². The Labute approximate surface area is 114 Å². The van der Waals surface area contributed by atoms with Gasteiger partial charge in [0.15, 0.2) is 0 Å². The van der Waals surface area contributed by atoms with Crippen molar-refractivity contribution in [2.24, 2.45) is 0 Å². The van der Waals surface area contributed by atoms with E-state index in [1.807, 2.05) is 60.7 Å². The van der Waals surface area contributed by atoms with Gasteiger partial charge < -0.3 is 0 Å². The molecule has 2 atom stereocenters. The molecule has 2 aromatic carbocycles. The summed E-state index contributed by atoms with van der Waals surface area (Å²) >= 11 is 13.1. The lowest BCUT2D eigenvalue weighted by Crippen LogP contribution is -2.27. The van der Waals surface area contributed by atoms with Crippen LogP contribution >= 0.6 is 32.4 Å². The summed E-state index contributed by atoms with van der Waals surface area (Å²) in [4.78, 5) is -0.714. The molecule has 2 aromatic rings.